The van der Waals surface area contributed by atoms with Gasteiger partial charge in [0.05, 0.1) is 0 Å². The highest BCUT2D eigenvalue weighted by Gasteiger charge is 2.18. The lowest BCUT2D eigenvalue weighted by Crippen LogP contribution is -2.25. The number of nitrogens with one attached hydrogen (secondary N) is 1. The molecule has 2 heteroatoms. The molecular formula is C19H27NO. The zero-order chi connectivity index (χ0) is 15.2. The van der Waals surface area contributed by atoms with Gasteiger partial charge in [-0.3, -0.25) is 0 Å². The maximum Gasteiger partial charge on any atom is 0.105 e. The second kappa shape index (κ2) is 7.46. The van der Waals surface area contributed by atoms with E-state index in [9.17, 15) is 0 Å². The lowest BCUT2D eigenvalue weighted by molar-refractivity contribution is 0.424. The molecule has 0 radical (unpaired) electrons. The second-order valence-corrected chi connectivity index (χ2v) is 5.86. The predicted octanol–water partition coefficient (Wildman–Crippen LogP) is 5.48. The summed E-state index contributed by atoms with van der Waals surface area (Å²) in [6.07, 6.45) is 3.63. The molecule has 114 valence electrons. The standard InChI is InChI=1S/C19H27NO/c1-5-6-12-19(17-10-8-7-9-11-17)20-15(3)18-13-14(2)21-16(18)4/h7-11,13,15,19-20H,5-6,12H2,1-4H3. The predicted molar refractivity (Wildman–Crippen MR) is 88.4 cm³/mol. The number of aryl methyl sites for hydroxylation is 2. The smallest absolute Gasteiger partial charge is 0.105 e. The van der Waals surface area contributed by atoms with Gasteiger partial charge in [0.1, 0.15) is 11.5 Å². The van der Waals surface area contributed by atoms with E-state index in [0.29, 0.717) is 12.1 Å². The third kappa shape index (κ3) is 4.21. The van der Waals surface area contributed by atoms with Crippen LogP contribution in [0.3, 0.4) is 0 Å². The minimum Gasteiger partial charge on any atom is -0.466 e. The van der Waals surface area contributed by atoms with E-state index in [4.69, 9.17) is 4.42 Å². The van der Waals surface area contributed by atoms with Crippen molar-refractivity contribution in [1.29, 1.82) is 0 Å². The summed E-state index contributed by atoms with van der Waals surface area (Å²) in [5.74, 6) is 2.01. The topological polar surface area (TPSA) is 25.2 Å². The van der Waals surface area contributed by atoms with E-state index >= 15 is 0 Å². The molecular weight excluding hydrogens is 258 g/mol. The van der Waals surface area contributed by atoms with Crippen LogP contribution in [0.25, 0.3) is 0 Å². The first-order valence-corrected chi connectivity index (χ1v) is 7.99. The SMILES string of the molecule is CCCCC(NC(C)c1cc(C)oc1C)c1ccccc1. The summed E-state index contributed by atoms with van der Waals surface area (Å²) in [7, 11) is 0. The van der Waals surface area contributed by atoms with Crippen molar-refractivity contribution in [1.82, 2.24) is 5.32 Å². The Morgan fingerprint density at radius 1 is 1.14 bits per heavy atom. The van der Waals surface area contributed by atoms with Crippen LogP contribution < -0.4 is 5.32 Å². The highest BCUT2D eigenvalue weighted by atomic mass is 16.3. The molecule has 1 heterocycles. The molecule has 2 atom stereocenters. The van der Waals surface area contributed by atoms with Gasteiger partial charge < -0.3 is 9.73 Å². The van der Waals surface area contributed by atoms with Gasteiger partial charge in [0, 0.05) is 17.6 Å². The maximum absolute atomic E-state index is 5.66. The van der Waals surface area contributed by atoms with Crippen LogP contribution in [-0.4, -0.2) is 0 Å². The summed E-state index contributed by atoms with van der Waals surface area (Å²) in [4.78, 5) is 0. The lowest BCUT2D eigenvalue weighted by atomic mass is 9.99. The molecule has 1 aromatic heterocycles. The number of furan rings is 1. The van der Waals surface area contributed by atoms with Gasteiger partial charge in [-0.2, -0.15) is 0 Å². The van der Waals surface area contributed by atoms with Crippen LogP contribution in [-0.2, 0) is 0 Å². The average Bonchev–Trinajstić information content (AvgIpc) is 2.83. The van der Waals surface area contributed by atoms with Gasteiger partial charge in [0.15, 0.2) is 0 Å². The molecule has 2 aromatic rings. The van der Waals surface area contributed by atoms with E-state index in [1.54, 1.807) is 0 Å². The van der Waals surface area contributed by atoms with Crippen LogP contribution >= 0.6 is 0 Å². The van der Waals surface area contributed by atoms with Crippen molar-refractivity contribution in [2.24, 2.45) is 0 Å². The first kappa shape index (κ1) is 15.8. The molecule has 21 heavy (non-hydrogen) atoms. The zero-order valence-corrected chi connectivity index (χ0v) is 13.6. The molecule has 1 N–H and O–H groups in total. The van der Waals surface area contributed by atoms with E-state index in [1.165, 1.54) is 30.4 Å². The van der Waals surface area contributed by atoms with Gasteiger partial charge in [-0.05, 0) is 38.8 Å². The van der Waals surface area contributed by atoms with Gasteiger partial charge in [0.2, 0.25) is 0 Å². The van der Waals surface area contributed by atoms with E-state index in [-0.39, 0.29) is 0 Å². The Kier molecular flexibility index (Phi) is 5.63. The Morgan fingerprint density at radius 2 is 1.86 bits per heavy atom. The largest absolute Gasteiger partial charge is 0.466 e. The highest BCUT2D eigenvalue weighted by Crippen LogP contribution is 2.27. The Bertz CT molecular complexity index is 544. The third-order valence-corrected chi connectivity index (χ3v) is 4.05. The Balaban J connectivity index is 2.13. The van der Waals surface area contributed by atoms with Crippen molar-refractivity contribution in [3.8, 4) is 0 Å². The molecule has 2 rings (SSSR count). The maximum atomic E-state index is 5.66. The average molecular weight is 285 g/mol. The molecule has 0 saturated heterocycles. The van der Waals surface area contributed by atoms with Crippen molar-refractivity contribution in [2.75, 3.05) is 0 Å². The summed E-state index contributed by atoms with van der Waals surface area (Å²) >= 11 is 0. The number of hydrogen-bond donors (Lipinski definition) is 1. The Morgan fingerprint density at radius 3 is 2.43 bits per heavy atom. The fourth-order valence-electron chi connectivity index (χ4n) is 2.91. The fourth-order valence-corrected chi connectivity index (χ4v) is 2.91. The molecule has 2 unspecified atom stereocenters. The summed E-state index contributed by atoms with van der Waals surface area (Å²) in [6.45, 7) is 8.52. The first-order chi connectivity index (χ1) is 10.1. The van der Waals surface area contributed by atoms with Crippen LogP contribution in [0, 0.1) is 13.8 Å². The first-order valence-electron chi connectivity index (χ1n) is 7.99. The quantitative estimate of drug-likeness (QED) is 0.728. The summed E-state index contributed by atoms with van der Waals surface area (Å²) in [5, 5.41) is 3.78. The van der Waals surface area contributed by atoms with Gasteiger partial charge >= 0.3 is 0 Å². The van der Waals surface area contributed by atoms with Crippen molar-refractivity contribution in [2.45, 2.75) is 59.0 Å². The molecule has 0 aliphatic rings. The third-order valence-electron chi connectivity index (χ3n) is 4.05. The van der Waals surface area contributed by atoms with Gasteiger partial charge in [-0.15, -0.1) is 0 Å². The summed E-state index contributed by atoms with van der Waals surface area (Å²) < 4.78 is 5.66. The van der Waals surface area contributed by atoms with E-state index in [2.05, 4.69) is 55.6 Å². The minimum absolute atomic E-state index is 0.296. The molecule has 0 amide bonds. The fraction of sp³-hybridized carbons (Fsp3) is 0.474. The summed E-state index contributed by atoms with van der Waals surface area (Å²) in [5.41, 5.74) is 2.64. The molecule has 1 aromatic carbocycles. The van der Waals surface area contributed by atoms with E-state index < -0.39 is 0 Å². The monoisotopic (exact) mass is 285 g/mol. The normalized spacial score (nSPS) is 14.1. The van der Waals surface area contributed by atoms with Crippen LogP contribution in [0.5, 0.6) is 0 Å². The van der Waals surface area contributed by atoms with Gasteiger partial charge in [-0.1, -0.05) is 50.1 Å². The van der Waals surface area contributed by atoms with Crippen LogP contribution in [0.4, 0.5) is 0 Å². The van der Waals surface area contributed by atoms with Crippen molar-refractivity contribution < 1.29 is 4.42 Å². The molecule has 0 fully saturated rings. The molecule has 0 saturated carbocycles. The molecule has 0 bridgehead atoms. The van der Waals surface area contributed by atoms with Crippen molar-refractivity contribution in [3.63, 3.8) is 0 Å². The Labute approximate surface area is 128 Å². The van der Waals surface area contributed by atoms with Crippen LogP contribution in [0.1, 0.15) is 67.8 Å². The molecule has 0 aliphatic carbocycles. The van der Waals surface area contributed by atoms with E-state index in [1.807, 2.05) is 13.8 Å². The molecule has 2 nitrogen and oxygen atoms in total. The minimum atomic E-state index is 0.296. The number of unbranched alkanes of at least 4 members (excludes halogenated alkanes) is 1. The summed E-state index contributed by atoms with van der Waals surface area (Å²) in [6, 6.07) is 13.6. The molecule has 0 spiro atoms. The Hall–Kier alpha value is -1.54. The molecule has 0 aliphatic heterocycles. The highest BCUT2D eigenvalue weighted by molar-refractivity contribution is 5.25. The number of hydrogen-bond acceptors (Lipinski definition) is 2. The van der Waals surface area contributed by atoms with Crippen LogP contribution in [0.2, 0.25) is 0 Å². The van der Waals surface area contributed by atoms with Crippen molar-refractivity contribution >= 4 is 0 Å². The van der Waals surface area contributed by atoms with E-state index in [0.717, 1.165) is 11.5 Å². The number of benzene rings is 1. The zero-order valence-electron chi connectivity index (χ0n) is 13.6. The second-order valence-electron chi connectivity index (χ2n) is 5.86. The van der Waals surface area contributed by atoms with Crippen molar-refractivity contribution in [3.05, 3.63) is 59.0 Å². The van der Waals surface area contributed by atoms with Gasteiger partial charge in [-0.25, -0.2) is 0 Å². The van der Waals surface area contributed by atoms with Gasteiger partial charge in [0.25, 0.3) is 0 Å². The number of rotatable bonds is 7. The lowest BCUT2D eigenvalue weighted by Gasteiger charge is -2.24. The van der Waals surface area contributed by atoms with Crippen LogP contribution in [0.15, 0.2) is 40.8 Å².